The molecule has 0 atom stereocenters. The molecule has 3 rings (SSSR count). The third kappa shape index (κ3) is 3.42. The molecule has 0 radical (unpaired) electrons. The Balaban J connectivity index is 1.70. The predicted molar refractivity (Wildman–Crippen MR) is 91.6 cm³/mol. The quantitative estimate of drug-likeness (QED) is 0.876. The van der Waals surface area contributed by atoms with Gasteiger partial charge in [0.05, 0.1) is 17.5 Å². The number of carbonyl (C=O) groups excluding carboxylic acids is 1. The van der Waals surface area contributed by atoms with Gasteiger partial charge in [0.15, 0.2) is 0 Å². The lowest BCUT2D eigenvalue weighted by Crippen LogP contribution is -2.50. The molecule has 1 aliphatic heterocycles. The average Bonchev–Trinajstić information content (AvgIpc) is 3.12. The lowest BCUT2D eigenvalue weighted by Gasteiger charge is -2.34. The van der Waals surface area contributed by atoms with Crippen LogP contribution in [0.5, 0.6) is 0 Å². The topological polar surface area (TPSA) is 99.3 Å². The number of aromatic nitrogens is 3. The Hall–Kier alpha value is -2.26. The van der Waals surface area contributed by atoms with Crippen molar-refractivity contribution in [3.8, 4) is 0 Å². The van der Waals surface area contributed by atoms with Gasteiger partial charge < -0.3 is 4.90 Å². The van der Waals surface area contributed by atoms with Crippen LogP contribution in [-0.4, -0.2) is 64.9 Å². The van der Waals surface area contributed by atoms with Crippen molar-refractivity contribution in [1.29, 1.82) is 0 Å². The summed E-state index contributed by atoms with van der Waals surface area (Å²) in [5, 5.41) is 6.84. The summed E-state index contributed by atoms with van der Waals surface area (Å²) in [6, 6.07) is 3.12. The van der Waals surface area contributed by atoms with Crippen LogP contribution < -0.4 is 0 Å². The zero-order valence-electron chi connectivity index (χ0n) is 14.2. The van der Waals surface area contributed by atoms with E-state index in [1.807, 2.05) is 13.8 Å². The maximum Gasteiger partial charge on any atom is 0.257 e. The molecule has 0 bridgehead atoms. The maximum absolute atomic E-state index is 12.7. The number of piperazine rings is 1. The zero-order valence-corrected chi connectivity index (χ0v) is 15.0. The summed E-state index contributed by atoms with van der Waals surface area (Å²) in [5.41, 5.74) is 1.36. The fourth-order valence-electron chi connectivity index (χ4n) is 2.86. The van der Waals surface area contributed by atoms with Crippen molar-refractivity contribution >= 4 is 15.9 Å². The number of sulfonamides is 1. The molecule has 0 unspecified atom stereocenters. The summed E-state index contributed by atoms with van der Waals surface area (Å²) < 4.78 is 26.6. The van der Waals surface area contributed by atoms with Gasteiger partial charge in [-0.1, -0.05) is 13.8 Å². The predicted octanol–water partition coefficient (Wildman–Crippen LogP) is 1.07. The number of amides is 1. The van der Waals surface area contributed by atoms with Crippen molar-refractivity contribution in [3.05, 3.63) is 42.0 Å². The van der Waals surface area contributed by atoms with Crippen molar-refractivity contribution in [1.82, 2.24) is 24.4 Å². The van der Waals surface area contributed by atoms with Crippen LogP contribution in [0.3, 0.4) is 0 Å². The number of nitrogens with one attached hydrogen (secondary N) is 1. The van der Waals surface area contributed by atoms with Gasteiger partial charge in [0.2, 0.25) is 10.0 Å². The Labute approximate surface area is 146 Å². The van der Waals surface area contributed by atoms with E-state index >= 15 is 0 Å². The molecule has 1 amide bonds. The number of aromatic amines is 1. The third-order valence-electron chi connectivity index (χ3n) is 4.27. The van der Waals surface area contributed by atoms with Gasteiger partial charge in [0, 0.05) is 38.6 Å². The van der Waals surface area contributed by atoms with Crippen LogP contribution in [0.2, 0.25) is 0 Å². The summed E-state index contributed by atoms with van der Waals surface area (Å²) in [6.07, 6.45) is 4.41. The molecule has 1 N–H and O–H groups in total. The second kappa shape index (κ2) is 6.93. The van der Waals surface area contributed by atoms with Crippen molar-refractivity contribution in [2.45, 2.75) is 24.7 Å². The fraction of sp³-hybridized carbons (Fsp3) is 0.438. The average molecular weight is 363 g/mol. The van der Waals surface area contributed by atoms with Crippen LogP contribution in [-0.2, 0) is 10.0 Å². The minimum atomic E-state index is -3.57. The van der Waals surface area contributed by atoms with Crippen LogP contribution in [0.1, 0.15) is 35.8 Å². The molecule has 1 fully saturated rings. The van der Waals surface area contributed by atoms with E-state index in [-0.39, 0.29) is 29.8 Å². The van der Waals surface area contributed by atoms with Gasteiger partial charge in [-0.3, -0.25) is 14.9 Å². The van der Waals surface area contributed by atoms with Crippen LogP contribution in [0.25, 0.3) is 0 Å². The van der Waals surface area contributed by atoms with Gasteiger partial charge in [-0.05, 0) is 18.1 Å². The van der Waals surface area contributed by atoms with E-state index in [9.17, 15) is 13.2 Å². The Morgan fingerprint density at radius 1 is 1.20 bits per heavy atom. The highest BCUT2D eigenvalue weighted by Crippen LogP contribution is 2.20. The smallest absolute Gasteiger partial charge is 0.257 e. The number of carbonyl (C=O) groups is 1. The van der Waals surface area contributed by atoms with Gasteiger partial charge in [-0.2, -0.15) is 9.40 Å². The highest BCUT2D eigenvalue weighted by molar-refractivity contribution is 7.89. The van der Waals surface area contributed by atoms with E-state index in [0.29, 0.717) is 18.7 Å². The van der Waals surface area contributed by atoms with Gasteiger partial charge in [0.1, 0.15) is 4.90 Å². The second-order valence-electron chi connectivity index (χ2n) is 6.24. The molecule has 8 nitrogen and oxygen atoms in total. The Morgan fingerprint density at radius 3 is 2.52 bits per heavy atom. The lowest BCUT2D eigenvalue weighted by atomic mass is 10.1. The van der Waals surface area contributed by atoms with Crippen LogP contribution in [0.4, 0.5) is 0 Å². The third-order valence-corrected chi connectivity index (χ3v) is 6.16. The normalized spacial score (nSPS) is 16.4. The number of H-pyrrole nitrogens is 1. The first kappa shape index (κ1) is 17.6. The van der Waals surface area contributed by atoms with Crippen molar-refractivity contribution in [2.75, 3.05) is 26.2 Å². The van der Waals surface area contributed by atoms with Gasteiger partial charge in [-0.15, -0.1) is 0 Å². The first-order chi connectivity index (χ1) is 11.9. The molecule has 1 aliphatic rings. The van der Waals surface area contributed by atoms with Crippen LogP contribution in [0.15, 0.2) is 35.6 Å². The number of nitrogens with zero attached hydrogens (tertiary/aromatic N) is 4. The van der Waals surface area contributed by atoms with E-state index in [0.717, 1.165) is 5.69 Å². The summed E-state index contributed by atoms with van der Waals surface area (Å²) in [7, 11) is -3.57. The van der Waals surface area contributed by atoms with Gasteiger partial charge in [0.25, 0.3) is 5.91 Å². The summed E-state index contributed by atoms with van der Waals surface area (Å²) >= 11 is 0. The molecular weight excluding hydrogens is 342 g/mol. The first-order valence-electron chi connectivity index (χ1n) is 8.14. The molecule has 2 aromatic heterocycles. The van der Waals surface area contributed by atoms with E-state index in [1.165, 1.54) is 29.0 Å². The van der Waals surface area contributed by atoms with E-state index < -0.39 is 10.0 Å². The van der Waals surface area contributed by atoms with Crippen LogP contribution in [0, 0.1) is 0 Å². The van der Waals surface area contributed by atoms with E-state index in [2.05, 4.69) is 15.2 Å². The molecule has 2 aromatic rings. The second-order valence-corrected chi connectivity index (χ2v) is 8.18. The summed E-state index contributed by atoms with van der Waals surface area (Å²) in [6.45, 7) is 5.20. The number of pyridine rings is 1. The molecule has 1 saturated heterocycles. The molecule has 0 saturated carbocycles. The fourth-order valence-corrected chi connectivity index (χ4v) is 4.24. The molecule has 0 aromatic carbocycles. The number of hydrogen-bond donors (Lipinski definition) is 1. The highest BCUT2D eigenvalue weighted by Gasteiger charge is 2.31. The Kier molecular flexibility index (Phi) is 4.87. The minimum absolute atomic E-state index is 0.115. The van der Waals surface area contributed by atoms with Gasteiger partial charge >= 0.3 is 0 Å². The molecule has 0 aliphatic carbocycles. The summed E-state index contributed by atoms with van der Waals surface area (Å²) in [4.78, 5) is 18.4. The number of rotatable bonds is 4. The maximum atomic E-state index is 12.7. The van der Waals surface area contributed by atoms with Crippen molar-refractivity contribution in [3.63, 3.8) is 0 Å². The van der Waals surface area contributed by atoms with Crippen LogP contribution >= 0.6 is 0 Å². The van der Waals surface area contributed by atoms with E-state index in [1.54, 1.807) is 11.0 Å². The minimum Gasteiger partial charge on any atom is -0.336 e. The SMILES string of the molecule is CC(C)c1[nH]ncc1C(=O)N1CCN(S(=O)(=O)c2cccnc2)CC1. The first-order valence-corrected chi connectivity index (χ1v) is 9.58. The Morgan fingerprint density at radius 2 is 1.92 bits per heavy atom. The highest BCUT2D eigenvalue weighted by atomic mass is 32.2. The summed E-state index contributed by atoms with van der Waals surface area (Å²) in [5.74, 6) is 0.0459. The Bertz CT molecular complexity index is 840. The van der Waals surface area contributed by atoms with Crippen molar-refractivity contribution < 1.29 is 13.2 Å². The van der Waals surface area contributed by atoms with Gasteiger partial charge in [-0.25, -0.2) is 8.42 Å². The standard InChI is InChI=1S/C16H21N5O3S/c1-12(2)15-14(11-18-19-15)16(22)20-6-8-21(9-7-20)25(23,24)13-4-3-5-17-10-13/h3-5,10-12H,6-9H2,1-2H3,(H,18,19). The van der Waals surface area contributed by atoms with E-state index in [4.69, 9.17) is 0 Å². The number of hydrogen-bond acceptors (Lipinski definition) is 5. The molecule has 3 heterocycles. The molecule has 0 spiro atoms. The monoisotopic (exact) mass is 363 g/mol. The molecule has 9 heteroatoms. The molecule has 134 valence electrons. The lowest BCUT2D eigenvalue weighted by molar-refractivity contribution is 0.0696. The molecule has 25 heavy (non-hydrogen) atoms. The van der Waals surface area contributed by atoms with Crippen molar-refractivity contribution in [2.24, 2.45) is 0 Å². The molecular formula is C16H21N5O3S. The largest absolute Gasteiger partial charge is 0.336 e. The zero-order chi connectivity index (χ0) is 18.0.